The Labute approximate surface area is 185 Å². The third-order valence-electron chi connectivity index (χ3n) is 4.13. The van der Waals surface area contributed by atoms with E-state index in [1.165, 1.54) is 15.9 Å². The van der Waals surface area contributed by atoms with Gasteiger partial charge in [-0.1, -0.05) is 29.8 Å². The monoisotopic (exact) mass is 459 g/mol. The van der Waals surface area contributed by atoms with Gasteiger partial charge in [0.1, 0.15) is 10.7 Å². The van der Waals surface area contributed by atoms with Crippen LogP contribution in [0, 0.1) is 11.3 Å². The SMILES string of the molecule is COCCCn1c(=O)/c(=C\c2cccs2)s/c1=C(\C#N)C(=O)Nc1ccccc1Cl. The zero-order valence-electron chi connectivity index (χ0n) is 16.1. The molecule has 0 radical (unpaired) electrons. The van der Waals surface area contributed by atoms with Crippen molar-refractivity contribution in [2.45, 2.75) is 13.0 Å². The fourth-order valence-corrected chi connectivity index (χ4v) is 4.75. The van der Waals surface area contributed by atoms with E-state index in [0.29, 0.717) is 39.5 Å². The minimum atomic E-state index is -0.616. The van der Waals surface area contributed by atoms with Gasteiger partial charge >= 0.3 is 0 Å². The molecule has 3 rings (SSSR count). The maximum atomic E-state index is 13.0. The number of hydrogen-bond acceptors (Lipinski definition) is 6. The van der Waals surface area contributed by atoms with Crippen molar-refractivity contribution in [3.05, 3.63) is 71.2 Å². The maximum absolute atomic E-state index is 13.0. The highest BCUT2D eigenvalue weighted by Gasteiger charge is 2.17. The summed E-state index contributed by atoms with van der Waals surface area (Å²) in [6.45, 7) is 0.792. The molecule has 9 heteroatoms. The number of carbonyl (C=O) groups excluding carboxylic acids is 1. The maximum Gasteiger partial charge on any atom is 0.269 e. The van der Waals surface area contributed by atoms with E-state index in [1.807, 2.05) is 23.6 Å². The summed E-state index contributed by atoms with van der Waals surface area (Å²) in [6.07, 6.45) is 2.35. The van der Waals surface area contributed by atoms with Gasteiger partial charge in [0.15, 0.2) is 5.57 Å². The quantitative estimate of drug-likeness (QED) is 0.550. The van der Waals surface area contributed by atoms with E-state index >= 15 is 0 Å². The van der Waals surface area contributed by atoms with E-state index in [1.54, 1.807) is 37.5 Å². The average molecular weight is 460 g/mol. The number of hydrogen-bond donors (Lipinski definition) is 1. The minimum Gasteiger partial charge on any atom is -0.385 e. The number of nitriles is 1. The number of benzene rings is 1. The van der Waals surface area contributed by atoms with E-state index < -0.39 is 5.91 Å². The van der Waals surface area contributed by atoms with E-state index in [9.17, 15) is 14.9 Å². The molecule has 2 heterocycles. The van der Waals surface area contributed by atoms with Crippen molar-refractivity contribution in [2.75, 3.05) is 19.0 Å². The van der Waals surface area contributed by atoms with Gasteiger partial charge in [0.2, 0.25) is 0 Å². The molecule has 1 N–H and O–H groups in total. The van der Waals surface area contributed by atoms with Gasteiger partial charge in [0.25, 0.3) is 11.5 Å². The Hall–Kier alpha value is -2.70. The van der Waals surface area contributed by atoms with Crippen molar-refractivity contribution < 1.29 is 9.53 Å². The molecule has 0 spiro atoms. The molecule has 0 saturated heterocycles. The minimum absolute atomic E-state index is 0.139. The molecule has 2 aromatic heterocycles. The van der Waals surface area contributed by atoms with Crippen molar-refractivity contribution in [3.8, 4) is 6.07 Å². The lowest BCUT2D eigenvalue weighted by Crippen LogP contribution is -2.34. The summed E-state index contributed by atoms with van der Waals surface area (Å²) in [4.78, 5) is 26.8. The first kappa shape index (κ1) is 22.0. The number of aromatic nitrogens is 1. The number of thiazole rings is 1. The van der Waals surface area contributed by atoms with E-state index in [2.05, 4.69) is 5.32 Å². The molecule has 0 aliphatic carbocycles. The third-order valence-corrected chi connectivity index (χ3v) is 6.41. The third kappa shape index (κ3) is 5.07. The second-order valence-corrected chi connectivity index (χ2v) is 8.57. The summed E-state index contributed by atoms with van der Waals surface area (Å²) < 4.78 is 7.32. The first-order chi connectivity index (χ1) is 14.5. The van der Waals surface area contributed by atoms with E-state index in [0.717, 1.165) is 16.2 Å². The lowest BCUT2D eigenvalue weighted by atomic mass is 10.2. The fraction of sp³-hybridized carbons (Fsp3) is 0.190. The Balaban J connectivity index is 2.13. The topological polar surface area (TPSA) is 84.1 Å². The van der Waals surface area contributed by atoms with Crippen molar-refractivity contribution in [3.63, 3.8) is 0 Å². The number of ether oxygens (including phenoxy) is 1. The van der Waals surface area contributed by atoms with Crippen LogP contribution in [0.25, 0.3) is 11.6 Å². The average Bonchev–Trinajstić information content (AvgIpc) is 3.34. The van der Waals surface area contributed by atoms with Crippen LogP contribution in [0.3, 0.4) is 0 Å². The van der Waals surface area contributed by atoms with Crippen molar-refractivity contribution in [1.29, 1.82) is 5.26 Å². The molecule has 0 unspecified atom stereocenters. The smallest absolute Gasteiger partial charge is 0.269 e. The molecule has 0 bridgehead atoms. The van der Waals surface area contributed by atoms with Crippen LogP contribution in [0.2, 0.25) is 5.02 Å². The van der Waals surface area contributed by atoms with Crippen LogP contribution in [-0.2, 0) is 16.1 Å². The summed E-state index contributed by atoms with van der Waals surface area (Å²) in [7, 11) is 1.58. The molecule has 3 aromatic rings. The Morgan fingerprint density at radius 3 is 2.80 bits per heavy atom. The fourth-order valence-electron chi connectivity index (χ4n) is 2.72. The number of amides is 1. The summed E-state index contributed by atoms with van der Waals surface area (Å²) in [5, 5.41) is 14.7. The number of rotatable bonds is 7. The lowest BCUT2D eigenvalue weighted by Gasteiger charge is -2.07. The molecule has 1 amide bonds. The zero-order chi connectivity index (χ0) is 21.5. The first-order valence-corrected chi connectivity index (χ1v) is 11.1. The number of thiophene rings is 1. The van der Waals surface area contributed by atoms with Gasteiger partial charge in [-0.25, -0.2) is 0 Å². The molecule has 30 heavy (non-hydrogen) atoms. The van der Waals surface area contributed by atoms with Crippen LogP contribution >= 0.6 is 34.3 Å². The van der Waals surface area contributed by atoms with Crippen LogP contribution in [0.5, 0.6) is 0 Å². The highest BCUT2D eigenvalue weighted by atomic mass is 35.5. The van der Waals surface area contributed by atoms with Gasteiger partial charge in [0, 0.05) is 25.1 Å². The molecular formula is C21H18ClN3O3S2. The Morgan fingerprint density at radius 2 is 2.13 bits per heavy atom. The number of nitrogens with zero attached hydrogens (tertiary/aromatic N) is 2. The second-order valence-electron chi connectivity index (χ2n) is 6.16. The van der Waals surface area contributed by atoms with E-state index in [-0.39, 0.29) is 11.1 Å². The summed E-state index contributed by atoms with van der Waals surface area (Å²) in [5.41, 5.74) is 0.0187. The molecular weight excluding hydrogens is 442 g/mol. The van der Waals surface area contributed by atoms with Crippen molar-refractivity contribution in [2.24, 2.45) is 0 Å². The van der Waals surface area contributed by atoms with Crippen LogP contribution in [-0.4, -0.2) is 24.2 Å². The number of methoxy groups -OCH3 is 1. The highest BCUT2D eigenvalue weighted by Crippen LogP contribution is 2.21. The largest absolute Gasteiger partial charge is 0.385 e. The van der Waals surface area contributed by atoms with Gasteiger partial charge in [-0.15, -0.1) is 22.7 Å². The van der Waals surface area contributed by atoms with Crippen LogP contribution in [0.1, 0.15) is 11.3 Å². The molecule has 0 aliphatic heterocycles. The summed E-state index contributed by atoms with van der Waals surface area (Å²) in [5.74, 6) is -0.616. The van der Waals surface area contributed by atoms with Gasteiger partial charge in [-0.05, 0) is 36.1 Å². The van der Waals surface area contributed by atoms with Gasteiger partial charge in [-0.2, -0.15) is 5.26 Å². The first-order valence-electron chi connectivity index (χ1n) is 8.99. The van der Waals surface area contributed by atoms with Crippen molar-refractivity contribution in [1.82, 2.24) is 4.57 Å². The van der Waals surface area contributed by atoms with Crippen LogP contribution in [0.4, 0.5) is 5.69 Å². The zero-order valence-corrected chi connectivity index (χ0v) is 18.4. The number of halogens is 1. The van der Waals surface area contributed by atoms with Gasteiger partial charge in [-0.3, -0.25) is 14.2 Å². The highest BCUT2D eigenvalue weighted by molar-refractivity contribution is 7.11. The number of carbonyl (C=O) groups is 1. The molecule has 154 valence electrons. The second kappa shape index (κ2) is 10.4. The Kier molecular flexibility index (Phi) is 7.60. The normalized spacial score (nSPS) is 12.5. The molecule has 1 aromatic carbocycles. The van der Waals surface area contributed by atoms with Crippen LogP contribution in [0.15, 0.2) is 46.6 Å². The van der Waals surface area contributed by atoms with Crippen molar-refractivity contribution >= 4 is 57.5 Å². The molecule has 0 saturated carbocycles. The van der Waals surface area contributed by atoms with Crippen LogP contribution < -0.4 is 20.1 Å². The molecule has 0 fully saturated rings. The number of nitrogens with one attached hydrogen (secondary N) is 1. The number of anilines is 1. The van der Waals surface area contributed by atoms with Gasteiger partial charge in [0.05, 0.1) is 15.2 Å². The molecule has 0 aliphatic rings. The lowest BCUT2D eigenvalue weighted by molar-refractivity contribution is -0.111. The molecule has 6 nitrogen and oxygen atoms in total. The Morgan fingerprint density at radius 1 is 1.33 bits per heavy atom. The van der Waals surface area contributed by atoms with Gasteiger partial charge < -0.3 is 10.1 Å². The summed E-state index contributed by atoms with van der Waals surface area (Å²) in [6, 6.07) is 12.5. The predicted octanol–water partition coefficient (Wildman–Crippen LogP) is 2.80. The predicted molar refractivity (Wildman–Crippen MR) is 121 cm³/mol. The summed E-state index contributed by atoms with van der Waals surface area (Å²) >= 11 is 8.74. The molecule has 0 atom stereocenters. The van der Waals surface area contributed by atoms with E-state index in [4.69, 9.17) is 16.3 Å². The Bertz CT molecular complexity index is 1250. The standard InChI is InChI=1S/C21H18ClN3O3S2/c1-28-10-5-9-25-20(27)18(12-14-6-4-11-29-14)30-21(25)15(13-23)19(26)24-17-8-3-2-7-16(17)22/h2-4,6-8,11-12H,5,9-10H2,1H3,(H,24,26)/b18-12+,21-15+. The number of para-hydroxylation sites is 1.